The zero-order valence-corrected chi connectivity index (χ0v) is 34.3. The Balaban J connectivity index is 0.925. The summed E-state index contributed by atoms with van der Waals surface area (Å²) >= 11 is 0. The number of aromatic nitrogens is 6. The Morgan fingerprint density at radius 1 is 0.750 bits per heavy atom. The lowest BCUT2D eigenvalue weighted by Crippen LogP contribution is -2.49. The highest BCUT2D eigenvalue weighted by Crippen LogP contribution is 2.37. The number of imidazole rings is 3. The van der Waals surface area contributed by atoms with Crippen LogP contribution < -0.4 is 5.32 Å². The number of aryl methyl sites for hydroxylation is 1. The lowest BCUT2D eigenvalue weighted by atomic mass is 10.0. The van der Waals surface area contributed by atoms with Gasteiger partial charge in [-0.15, -0.1) is 0 Å². The van der Waals surface area contributed by atoms with Crippen LogP contribution in [0.15, 0.2) is 104 Å². The fourth-order valence-electron chi connectivity index (χ4n) is 8.85. The third-order valence-corrected chi connectivity index (χ3v) is 12.1. The lowest BCUT2D eigenvalue weighted by Gasteiger charge is -2.34. The Hall–Kier alpha value is -6.54. The molecule has 14 heteroatoms. The molecule has 2 aliphatic heterocycles. The first-order valence-electron chi connectivity index (χ1n) is 20.9. The van der Waals surface area contributed by atoms with Gasteiger partial charge in [-0.05, 0) is 66.6 Å². The zero-order chi connectivity index (χ0) is 41.8. The molecule has 0 radical (unpaired) electrons. The van der Waals surface area contributed by atoms with Crippen LogP contribution >= 0.6 is 0 Å². The summed E-state index contributed by atoms with van der Waals surface area (Å²) in [4.78, 5) is 66.2. The molecule has 3 aromatic carbocycles. The van der Waals surface area contributed by atoms with Crippen LogP contribution in [0, 0.1) is 0 Å². The molecule has 6 aromatic rings. The number of H-pyrrole nitrogens is 2. The zero-order valence-electron chi connectivity index (χ0n) is 34.3. The molecule has 2 fully saturated rings. The summed E-state index contributed by atoms with van der Waals surface area (Å²) in [6.45, 7) is 7.01. The van der Waals surface area contributed by atoms with Crippen molar-refractivity contribution < 1.29 is 19.5 Å². The lowest BCUT2D eigenvalue weighted by molar-refractivity contribution is -0.138. The molecule has 3 aromatic heterocycles. The van der Waals surface area contributed by atoms with Gasteiger partial charge in [0.25, 0.3) is 0 Å². The fourth-order valence-corrected chi connectivity index (χ4v) is 8.85. The quantitative estimate of drug-likeness (QED) is 0.0900. The van der Waals surface area contributed by atoms with Crippen LogP contribution in [0.5, 0.6) is 0 Å². The Labute approximate surface area is 349 Å². The van der Waals surface area contributed by atoms with Gasteiger partial charge in [0.1, 0.15) is 23.7 Å². The van der Waals surface area contributed by atoms with E-state index in [9.17, 15) is 19.5 Å². The van der Waals surface area contributed by atoms with Crippen molar-refractivity contribution in [2.45, 2.75) is 70.1 Å². The third-order valence-electron chi connectivity index (χ3n) is 12.1. The fraction of sp³-hybridized carbons (Fsp3) is 0.348. The number of benzene rings is 3. The van der Waals surface area contributed by atoms with Gasteiger partial charge in [0.2, 0.25) is 11.8 Å². The summed E-state index contributed by atoms with van der Waals surface area (Å²) in [7, 11) is 1.82. The van der Waals surface area contributed by atoms with Crippen molar-refractivity contribution in [2.24, 2.45) is 7.05 Å². The minimum Gasteiger partial charge on any atom is -0.465 e. The molecule has 5 heterocycles. The molecule has 0 saturated carbocycles. The van der Waals surface area contributed by atoms with Gasteiger partial charge in [0, 0.05) is 38.4 Å². The highest BCUT2D eigenvalue weighted by Gasteiger charge is 2.39. The van der Waals surface area contributed by atoms with Gasteiger partial charge >= 0.3 is 6.09 Å². The van der Waals surface area contributed by atoms with Crippen LogP contribution in [0.25, 0.3) is 33.6 Å². The SMILES string of the molecule is CCN(CC)[C@@H](C(=O)N1CCC[C@H]1c1ncc(-c2ccc(-c3ccc(-c4cnc([C@@H]5CCCN5C(=O)[C@H](Cc5cncn5C)NC(=O)O)[nH]4)cc3)cc2)[nH]1)c1ccccc1. The van der Waals surface area contributed by atoms with Gasteiger partial charge in [-0.3, -0.25) is 14.5 Å². The number of carbonyl (C=O) groups excluding carboxylic acids is 2. The van der Waals surface area contributed by atoms with E-state index in [1.807, 2.05) is 48.5 Å². The van der Waals surface area contributed by atoms with E-state index in [1.165, 1.54) is 0 Å². The van der Waals surface area contributed by atoms with Gasteiger partial charge < -0.3 is 34.8 Å². The Morgan fingerprint density at radius 2 is 1.27 bits per heavy atom. The van der Waals surface area contributed by atoms with Crippen LogP contribution in [0.4, 0.5) is 4.79 Å². The maximum Gasteiger partial charge on any atom is 0.405 e. The number of nitrogens with zero attached hydrogens (tertiary/aromatic N) is 7. The number of hydrogen-bond donors (Lipinski definition) is 4. The standard InChI is InChI=1S/C46H52N10O4/c1-4-54(5-2)41(34-11-7-6-8-12-34)45(58)56-24-10-14-40(56)43-49-28-38(51-43)33-21-17-31(18-22-33)30-15-19-32(20-16-30)37-27-48-42(50-37)39-13-9-23-55(39)44(57)36(52-46(59)60)25-35-26-47-29-53(35)3/h6-8,11-12,15-22,26-29,36,39-41,52H,4-5,9-10,13-14,23-25H2,1-3H3,(H,48,50)(H,49,51)(H,59,60)/t36-,39-,40-,41+/m0/s1. The topological polar surface area (TPSA) is 168 Å². The largest absolute Gasteiger partial charge is 0.465 e. The molecule has 8 rings (SSSR count). The molecule has 0 aliphatic carbocycles. The van der Waals surface area contributed by atoms with Gasteiger partial charge in [-0.1, -0.05) is 92.7 Å². The summed E-state index contributed by atoms with van der Waals surface area (Å²) in [5.41, 5.74) is 7.64. The second-order valence-corrected chi connectivity index (χ2v) is 15.6. The molecule has 3 amide bonds. The van der Waals surface area contributed by atoms with Crippen LogP contribution in [-0.4, -0.2) is 99.4 Å². The van der Waals surface area contributed by atoms with Crippen molar-refractivity contribution in [3.63, 3.8) is 0 Å². The monoisotopic (exact) mass is 808 g/mol. The van der Waals surface area contributed by atoms with Crippen molar-refractivity contribution in [1.82, 2.24) is 49.5 Å². The van der Waals surface area contributed by atoms with Gasteiger partial charge in [-0.2, -0.15) is 0 Å². The number of nitrogens with one attached hydrogen (secondary N) is 3. The molecule has 2 saturated heterocycles. The van der Waals surface area contributed by atoms with Gasteiger partial charge in [-0.25, -0.2) is 19.7 Å². The minimum absolute atomic E-state index is 0.104. The van der Waals surface area contributed by atoms with Crippen LogP contribution in [-0.2, 0) is 23.1 Å². The van der Waals surface area contributed by atoms with Crippen molar-refractivity contribution in [3.8, 4) is 33.6 Å². The first-order chi connectivity index (χ1) is 29.2. The van der Waals surface area contributed by atoms with Gasteiger partial charge in [0.05, 0.1) is 42.2 Å². The van der Waals surface area contributed by atoms with E-state index in [0.717, 1.165) is 89.5 Å². The predicted octanol–water partition coefficient (Wildman–Crippen LogP) is 7.16. The van der Waals surface area contributed by atoms with E-state index in [-0.39, 0.29) is 36.4 Å². The summed E-state index contributed by atoms with van der Waals surface area (Å²) in [6.07, 6.45) is 9.20. The highest BCUT2D eigenvalue weighted by atomic mass is 16.4. The molecule has 0 unspecified atom stereocenters. The van der Waals surface area contributed by atoms with Crippen molar-refractivity contribution in [1.29, 1.82) is 0 Å². The molecular weight excluding hydrogens is 757 g/mol. The smallest absolute Gasteiger partial charge is 0.405 e. The predicted molar refractivity (Wildman–Crippen MR) is 228 cm³/mol. The molecule has 0 spiro atoms. The summed E-state index contributed by atoms with van der Waals surface area (Å²) < 4.78 is 1.78. The number of carboxylic acid groups (broad SMARTS) is 1. The molecule has 310 valence electrons. The van der Waals surface area contributed by atoms with E-state index in [2.05, 4.69) is 92.5 Å². The van der Waals surface area contributed by atoms with E-state index < -0.39 is 12.1 Å². The second-order valence-electron chi connectivity index (χ2n) is 15.6. The number of hydrogen-bond acceptors (Lipinski definition) is 7. The summed E-state index contributed by atoms with van der Waals surface area (Å²) in [5.74, 6) is 1.34. The minimum atomic E-state index is -1.25. The highest BCUT2D eigenvalue weighted by molar-refractivity contribution is 5.86. The van der Waals surface area contributed by atoms with E-state index in [4.69, 9.17) is 4.98 Å². The molecule has 4 atom stereocenters. The normalized spacial score (nSPS) is 17.6. The van der Waals surface area contributed by atoms with E-state index in [0.29, 0.717) is 18.9 Å². The third kappa shape index (κ3) is 8.32. The molecule has 60 heavy (non-hydrogen) atoms. The second kappa shape index (κ2) is 17.8. The number of likely N-dealkylation sites (tertiary alicyclic amines) is 2. The van der Waals surface area contributed by atoms with Crippen LogP contribution in [0.3, 0.4) is 0 Å². The van der Waals surface area contributed by atoms with E-state index >= 15 is 0 Å². The molecule has 2 aliphatic rings. The van der Waals surface area contributed by atoms with Crippen LogP contribution in [0.2, 0.25) is 0 Å². The van der Waals surface area contributed by atoms with Crippen molar-refractivity contribution in [3.05, 3.63) is 127 Å². The van der Waals surface area contributed by atoms with Crippen molar-refractivity contribution in [2.75, 3.05) is 26.2 Å². The summed E-state index contributed by atoms with van der Waals surface area (Å²) in [5, 5.41) is 11.9. The number of likely N-dealkylation sites (N-methyl/N-ethyl adjacent to an activating group) is 1. The Bertz CT molecular complexity index is 2400. The number of rotatable bonds is 14. The van der Waals surface area contributed by atoms with Crippen molar-refractivity contribution >= 4 is 17.9 Å². The molecular formula is C46H52N10O4. The first kappa shape index (κ1) is 40.2. The number of amides is 3. The summed E-state index contributed by atoms with van der Waals surface area (Å²) in [6, 6.07) is 25.1. The molecule has 14 nitrogen and oxygen atoms in total. The Morgan fingerprint density at radius 3 is 1.75 bits per heavy atom. The maximum absolute atomic E-state index is 14.2. The molecule has 0 bridgehead atoms. The van der Waals surface area contributed by atoms with Gasteiger partial charge in [0.15, 0.2) is 0 Å². The average molecular weight is 809 g/mol. The maximum atomic E-state index is 14.2. The van der Waals surface area contributed by atoms with E-state index in [1.54, 1.807) is 28.2 Å². The Kier molecular flexibility index (Phi) is 11.9. The van der Waals surface area contributed by atoms with Crippen LogP contribution in [0.1, 0.15) is 80.6 Å². The number of aromatic amines is 2. The first-order valence-corrected chi connectivity index (χ1v) is 20.9. The molecule has 4 N–H and O–H groups in total. The average Bonchev–Trinajstić information content (AvgIpc) is 4.13. The number of carbonyl (C=O) groups is 3.